The van der Waals surface area contributed by atoms with Crippen LogP contribution in [0.2, 0.25) is 0 Å². The number of nitrogens with one attached hydrogen (secondary N) is 2. The summed E-state index contributed by atoms with van der Waals surface area (Å²) < 4.78 is 10.9. The molecule has 0 bridgehead atoms. The van der Waals surface area contributed by atoms with Gasteiger partial charge < -0.3 is 20.1 Å². The van der Waals surface area contributed by atoms with E-state index in [0.29, 0.717) is 0 Å². The lowest BCUT2D eigenvalue weighted by Gasteiger charge is -2.24. The summed E-state index contributed by atoms with van der Waals surface area (Å²) in [6.45, 7) is 4.50. The highest BCUT2D eigenvalue weighted by Crippen LogP contribution is 2.23. The highest BCUT2D eigenvalue weighted by Gasteiger charge is 2.29. The molecular weight excluding hydrogens is 393 g/mol. The molecule has 0 spiro atoms. The highest BCUT2D eigenvalue weighted by molar-refractivity contribution is 14.0. The van der Waals surface area contributed by atoms with Crippen LogP contribution in [0.15, 0.2) is 29.3 Å². The molecule has 0 amide bonds. The van der Waals surface area contributed by atoms with Gasteiger partial charge in [-0.15, -0.1) is 24.0 Å². The fourth-order valence-electron chi connectivity index (χ4n) is 2.40. The summed E-state index contributed by atoms with van der Waals surface area (Å²) in [5.41, 5.74) is 1.11. The van der Waals surface area contributed by atoms with Crippen molar-refractivity contribution in [2.45, 2.75) is 31.9 Å². The number of hydrogen-bond donors (Lipinski definition) is 2. The summed E-state index contributed by atoms with van der Waals surface area (Å²) in [7, 11) is 3.45. The summed E-state index contributed by atoms with van der Waals surface area (Å²) in [4.78, 5) is 4.24. The smallest absolute Gasteiger partial charge is 0.191 e. The Balaban J connectivity index is 0.00000242. The van der Waals surface area contributed by atoms with E-state index in [1.54, 1.807) is 14.2 Å². The van der Waals surface area contributed by atoms with Gasteiger partial charge in [0.2, 0.25) is 0 Å². The van der Waals surface area contributed by atoms with Crippen LogP contribution in [0.1, 0.15) is 25.3 Å². The molecule has 1 heterocycles. The van der Waals surface area contributed by atoms with Gasteiger partial charge in [-0.3, -0.25) is 4.99 Å². The van der Waals surface area contributed by atoms with Crippen molar-refractivity contribution in [2.75, 3.05) is 27.3 Å². The Morgan fingerprint density at radius 3 is 2.59 bits per heavy atom. The van der Waals surface area contributed by atoms with Gasteiger partial charge in [0.1, 0.15) is 5.75 Å². The molecule has 0 aromatic heterocycles. The summed E-state index contributed by atoms with van der Waals surface area (Å²) >= 11 is 0. The predicted octanol–water partition coefficient (Wildman–Crippen LogP) is 2.55. The van der Waals surface area contributed by atoms with Crippen molar-refractivity contribution in [3.63, 3.8) is 0 Å². The molecule has 1 fully saturated rings. The first-order valence-electron chi connectivity index (χ1n) is 7.37. The van der Waals surface area contributed by atoms with Crippen LogP contribution in [-0.4, -0.2) is 38.9 Å². The minimum Gasteiger partial charge on any atom is -0.497 e. The van der Waals surface area contributed by atoms with Gasteiger partial charge in [-0.05, 0) is 37.5 Å². The summed E-state index contributed by atoms with van der Waals surface area (Å²) in [5.74, 6) is 1.66. The third-order valence-corrected chi connectivity index (χ3v) is 3.77. The van der Waals surface area contributed by atoms with E-state index in [4.69, 9.17) is 9.47 Å². The number of methoxy groups -OCH3 is 1. The van der Waals surface area contributed by atoms with Crippen LogP contribution in [0, 0.1) is 0 Å². The Bertz CT molecular complexity index is 471. The lowest BCUT2D eigenvalue weighted by Crippen LogP contribution is -2.45. The molecular formula is C16H26IN3O2. The molecule has 22 heavy (non-hydrogen) atoms. The van der Waals surface area contributed by atoms with Crippen LogP contribution in [0.4, 0.5) is 0 Å². The van der Waals surface area contributed by atoms with Crippen molar-refractivity contribution in [3.8, 4) is 5.75 Å². The minimum atomic E-state index is -0.0717. The molecule has 1 saturated heterocycles. The normalized spacial score (nSPS) is 21.1. The average Bonchev–Trinajstić information content (AvgIpc) is 2.95. The van der Waals surface area contributed by atoms with Crippen molar-refractivity contribution in [2.24, 2.45) is 4.99 Å². The molecule has 0 radical (unpaired) electrons. The van der Waals surface area contributed by atoms with E-state index in [0.717, 1.165) is 44.2 Å². The van der Waals surface area contributed by atoms with Gasteiger partial charge in [0, 0.05) is 26.7 Å². The van der Waals surface area contributed by atoms with Crippen LogP contribution in [0.3, 0.4) is 0 Å². The van der Waals surface area contributed by atoms with E-state index in [1.807, 2.05) is 24.3 Å². The number of aliphatic imine (C=N–C) groups is 1. The second kappa shape index (κ2) is 9.19. The lowest BCUT2D eigenvalue weighted by molar-refractivity contribution is 0.0243. The molecule has 0 aliphatic carbocycles. The van der Waals surface area contributed by atoms with Crippen LogP contribution >= 0.6 is 24.0 Å². The molecule has 1 atom stereocenters. The van der Waals surface area contributed by atoms with E-state index in [-0.39, 0.29) is 29.6 Å². The number of ether oxygens (including phenoxy) is 2. The van der Waals surface area contributed by atoms with Crippen LogP contribution in [-0.2, 0) is 11.3 Å². The third-order valence-electron chi connectivity index (χ3n) is 3.77. The second-order valence-corrected chi connectivity index (χ2v) is 5.53. The highest BCUT2D eigenvalue weighted by atomic mass is 127. The van der Waals surface area contributed by atoms with E-state index < -0.39 is 0 Å². The van der Waals surface area contributed by atoms with Gasteiger partial charge in [-0.2, -0.15) is 0 Å². The molecule has 124 valence electrons. The third kappa shape index (κ3) is 5.64. The average molecular weight is 419 g/mol. The summed E-state index contributed by atoms with van der Waals surface area (Å²) in [6, 6.07) is 8.00. The lowest BCUT2D eigenvalue weighted by atomic mass is 10.0. The van der Waals surface area contributed by atoms with Gasteiger partial charge >= 0.3 is 0 Å². The van der Waals surface area contributed by atoms with Crippen LogP contribution < -0.4 is 15.4 Å². The number of nitrogens with zero attached hydrogens (tertiary/aromatic N) is 1. The fraction of sp³-hybridized carbons (Fsp3) is 0.562. The molecule has 1 aromatic rings. The maximum Gasteiger partial charge on any atom is 0.191 e. The van der Waals surface area contributed by atoms with Gasteiger partial charge in [-0.25, -0.2) is 0 Å². The Morgan fingerprint density at radius 1 is 1.32 bits per heavy atom. The van der Waals surface area contributed by atoms with Crippen LogP contribution in [0.5, 0.6) is 5.75 Å². The number of benzene rings is 1. The molecule has 1 aliphatic rings. The number of guanidine groups is 1. The zero-order chi connectivity index (χ0) is 15.1. The van der Waals surface area contributed by atoms with Crippen molar-refractivity contribution in [1.82, 2.24) is 10.6 Å². The fourth-order valence-corrected chi connectivity index (χ4v) is 2.40. The SMILES string of the molecule is CN=C(NCc1ccc(OC)cc1)NCC1(C)CCCO1.I. The van der Waals surface area contributed by atoms with Crippen molar-refractivity contribution >= 4 is 29.9 Å². The maximum atomic E-state index is 5.76. The van der Waals surface area contributed by atoms with E-state index in [9.17, 15) is 0 Å². The first-order chi connectivity index (χ1) is 10.1. The largest absolute Gasteiger partial charge is 0.497 e. The molecule has 1 unspecified atom stereocenters. The standard InChI is InChI=1S/C16H25N3O2.HI/c1-16(9-4-10-21-16)12-19-15(17-2)18-11-13-5-7-14(20-3)8-6-13;/h5-8H,4,9-12H2,1-3H3,(H2,17,18,19);1H. The second-order valence-electron chi connectivity index (χ2n) is 5.53. The molecule has 6 heteroatoms. The molecule has 1 aliphatic heterocycles. The van der Waals surface area contributed by atoms with E-state index in [1.165, 1.54) is 5.56 Å². The van der Waals surface area contributed by atoms with Gasteiger partial charge in [-0.1, -0.05) is 12.1 Å². The molecule has 2 rings (SSSR count). The van der Waals surface area contributed by atoms with E-state index in [2.05, 4.69) is 22.5 Å². The molecule has 1 aromatic carbocycles. The minimum absolute atomic E-state index is 0. The predicted molar refractivity (Wildman–Crippen MR) is 100 cm³/mol. The maximum absolute atomic E-state index is 5.76. The van der Waals surface area contributed by atoms with E-state index >= 15 is 0 Å². The monoisotopic (exact) mass is 419 g/mol. The Hall–Kier alpha value is -1.02. The quantitative estimate of drug-likeness (QED) is 0.438. The number of halogens is 1. The number of hydrogen-bond acceptors (Lipinski definition) is 3. The van der Waals surface area contributed by atoms with Crippen molar-refractivity contribution < 1.29 is 9.47 Å². The summed E-state index contributed by atoms with van der Waals surface area (Å²) in [5, 5.41) is 6.64. The molecule has 2 N–H and O–H groups in total. The molecule has 5 nitrogen and oxygen atoms in total. The Morgan fingerprint density at radius 2 is 2.05 bits per heavy atom. The first kappa shape index (κ1) is 19.0. The van der Waals surface area contributed by atoms with Crippen molar-refractivity contribution in [1.29, 1.82) is 0 Å². The first-order valence-corrected chi connectivity index (χ1v) is 7.37. The van der Waals surface area contributed by atoms with Crippen LogP contribution in [0.25, 0.3) is 0 Å². The topological polar surface area (TPSA) is 54.9 Å². The van der Waals surface area contributed by atoms with Gasteiger partial charge in [0.15, 0.2) is 5.96 Å². The Labute approximate surface area is 149 Å². The zero-order valence-corrected chi connectivity index (χ0v) is 15.8. The zero-order valence-electron chi connectivity index (χ0n) is 13.5. The van der Waals surface area contributed by atoms with Gasteiger partial charge in [0.05, 0.1) is 12.7 Å². The van der Waals surface area contributed by atoms with Gasteiger partial charge in [0.25, 0.3) is 0 Å². The Kier molecular flexibility index (Phi) is 7.95. The number of rotatable bonds is 5. The van der Waals surface area contributed by atoms with Crippen molar-refractivity contribution in [3.05, 3.63) is 29.8 Å². The summed E-state index contributed by atoms with van der Waals surface area (Å²) in [6.07, 6.45) is 2.23. The molecule has 0 saturated carbocycles.